The quantitative estimate of drug-likeness (QED) is 0.250. The number of nitrogens with one attached hydrogen (secondary N) is 1. The molecule has 0 unspecified atom stereocenters. The third-order valence-electron chi connectivity index (χ3n) is 4.75. The number of piperazine rings is 1. The highest BCUT2D eigenvalue weighted by Crippen LogP contribution is 2.19. The molecular weight excluding hydrogens is 533 g/mol. The molecule has 0 spiro atoms. The lowest BCUT2D eigenvalue weighted by Gasteiger charge is -2.36. The number of carbonyl (C=O) groups excluding carboxylic acids is 1. The van der Waals surface area contributed by atoms with Gasteiger partial charge in [0.25, 0.3) is 0 Å². The monoisotopic (exact) mass is 561 g/mol. The fraction of sp³-hybridized carbons (Fsp3) is 0.579. The maximum atomic E-state index is 13.8. The second-order valence-corrected chi connectivity index (χ2v) is 7.00. The lowest BCUT2D eigenvalue weighted by Crippen LogP contribution is -2.53. The van der Waals surface area contributed by atoms with E-state index in [0.29, 0.717) is 43.6 Å². The molecule has 1 aromatic carbocycles. The molecule has 0 atom stereocenters. The van der Waals surface area contributed by atoms with Crippen molar-refractivity contribution in [3.05, 3.63) is 29.6 Å². The van der Waals surface area contributed by atoms with Crippen LogP contribution in [0.1, 0.15) is 5.56 Å². The van der Waals surface area contributed by atoms with Crippen LogP contribution in [0.25, 0.3) is 0 Å². The van der Waals surface area contributed by atoms with E-state index in [9.17, 15) is 22.4 Å². The van der Waals surface area contributed by atoms with Crippen molar-refractivity contribution >= 4 is 35.8 Å². The summed E-state index contributed by atoms with van der Waals surface area (Å²) in [5.41, 5.74) is 0.836. The Morgan fingerprint density at radius 1 is 1.26 bits per heavy atom. The van der Waals surface area contributed by atoms with Crippen molar-refractivity contribution in [3.8, 4) is 5.75 Å². The van der Waals surface area contributed by atoms with E-state index in [4.69, 9.17) is 4.74 Å². The Kier molecular flexibility index (Phi) is 10.8. The van der Waals surface area contributed by atoms with Crippen LogP contribution >= 0.6 is 24.0 Å². The molecule has 0 aliphatic carbocycles. The zero-order valence-corrected chi connectivity index (χ0v) is 20.0. The van der Waals surface area contributed by atoms with Crippen molar-refractivity contribution in [3.63, 3.8) is 0 Å². The van der Waals surface area contributed by atoms with Crippen molar-refractivity contribution in [1.82, 2.24) is 20.0 Å². The maximum Gasteiger partial charge on any atom is 0.406 e. The molecule has 176 valence electrons. The van der Waals surface area contributed by atoms with Gasteiger partial charge >= 0.3 is 6.18 Å². The number of likely N-dealkylation sites (N-methyl/N-ethyl adjacent to an activating group) is 1. The Balaban J connectivity index is 0.00000480. The topological polar surface area (TPSA) is 60.4 Å². The standard InChI is InChI=1S/C19H27F4N5O2.HI/c1-24-18(25-11-17(29)26(2)13-19(21,22)23)28-8-6-27(7-9-28)12-14-4-5-16(30-3)15(20)10-14;/h4-5,10H,6-9,11-13H2,1-3H3,(H,24,25);1H. The Hall–Kier alpha value is -1.83. The summed E-state index contributed by atoms with van der Waals surface area (Å²) < 4.78 is 56.0. The molecular formula is C19H28F4IN5O2. The largest absolute Gasteiger partial charge is 0.494 e. The second-order valence-electron chi connectivity index (χ2n) is 7.00. The molecule has 1 N–H and O–H groups in total. The number of halogens is 5. The van der Waals surface area contributed by atoms with Gasteiger partial charge in [-0.25, -0.2) is 4.39 Å². The molecule has 0 radical (unpaired) electrons. The number of carbonyl (C=O) groups is 1. The molecule has 1 amide bonds. The van der Waals surface area contributed by atoms with Crippen molar-refractivity contribution in [2.75, 3.05) is 60.5 Å². The van der Waals surface area contributed by atoms with Crippen LogP contribution in [0.4, 0.5) is 17.6 Å². The average Bonchev–Trinajstić information content (AvgIpc) is 2.68. The van der Waals surface area contributed by atoms with Crippen LogP contribution in [-0.2, 0) is 11.3 Å². The molecule has 0 bridgehead atoms. The molecule has 0 saturated carbocycles. The van der Waals surface area contributed by atoms with E-state index in [1.54, 1.807) is 13.1 Å². The van der Waals surface area contributed by atoms with Gasteiger partial charge in [0.2, 0.25) is 5.91 Å². The lowest BCUT2D eigenvalue weighted by atomic mass is 10.2. The average molecular weight is 561 g/mol. The number of methoxy groups -OCH3 is 1. The number of ether oxygens (including phenoxy) is 1. The molecule has 7 nitrogen and oxygen atoms in total. The molecule has 1 aromatic rings. The summed E-state index contributed by atoms with van der Waals surface area (Å²) in [6.07, 6.45) is -4.44. The second kappa shape index (κ2) is 12.3. The SMILES string of the molecule is CN=C(NCC(=O)N(C)CC(F)(F)F)N1CCN(Cc2ccc(OC)c(F)c2)CC1.I. The highest BCUT2D eigenvalue weighted by atomic mass is 127. The van der Waals surface area contributed by atoms with E-state index in [1.807, 2.05) is 11.0 Å². The number of alkyl halides is 3. The summed E-state index contributed by atoms with van der Waals surface area (Å²) in [5.74, 6) is -0.417. The van der Waals surface area contributed by atoms with E-state index in [1.165, 1.54) is 13.2 Å². The van der Waals surface area contributed by atoms with E-state index in [-0.39, 0.29) is 36.3 Å². The number of amides is 1. The van der Waals surface area contributed by atoms with Gasteiger partial charge in [0, 0.05) is 46.8 Å². The summed E-state index contributed by atoms with van der Waals surface area (Å²) in [7, 11) is 4.08. The number of rotatable bonds is 6. The van der Waals surface area contributed by atoms with Crippen LogP contribution < -0.4 is 10.1 Å². The number of hydrogen-bond acceptors (Lipinski definition) is 4. The molecule has 1 aliphatic heterocycles. The molecule has 0 aromatic heterocycles. The predicted molar refractivity (Wildman–Crippen MR) is 120 cm³/mol. The molecule has 1 fully saturated rings. The number of benzene rings is 1. The number of nitrogens with zero attached hydrogens (tertiary/aromatic N) is 4. The van der Waals surface area contributed by atoms with Crippen molar-refractivity contribution in [2.45, 2.75) is 12.7 Å². The Bertz CT molecular complexity index is 755. The minimum atomic E-state index is -4.44. The Morgan fingerprint density at radius 3 is 2.42 bits per heavy atom. The number of guanidine groups is 1. The van der Waals surface area contributed by atoms with Gasteiger partial charge in [-0.3, -0.25) is 14.7 Å². The molecule has 31 heavy (non-hydrogen) atoms. The fourth-order valence-electron chi connectivity index (χ4n) is 3.16. The van der Waals surface area contributed by atoms with Gasteiger partial charge in [0.15, 0.2) is 17.5 Å². The summed E-state index contributed by atoms with van der Waals surface area (Å²) in [6.45, 7) is 1.63. The first-order valence-electron chi connectivity index (χ1n) is 9.44. The Morgan fingerprint density at radius 2 is 1.90 bits per heavy atom. The van der Waals surface area contributed by atoms with Gasteiger partial charge in [0.05, 0.1) is 13.7 Å². The van der Waals surface area contributed by atoms with E-state index >= 15 is 0 Å². The van der Waals surface area contributed by atoms with Gasteiger partial charge in [-0.15, -0.1) is 24.0 Å². The summed E-state index contributed by atoms with van der Waals surface area (Å²) in [6, 6.07) is 4.87. The molecule has 1 aliphatic rings. The third-order valence-corrected chi connectivity index (χ3v) is 4.75. The van der Waals surface area contributed by atoms with Crippen LogP contribution in [-0.4, -0.2) is 93.2 Å². The number of aliphatic imine (C=N–C) groups is 1. The molecule has 2 rings (SSSR count). The van der Waals surface area contributed by atoms with Crippen LogP contribution in [0, 0.1) is 5.82 Å². The van der Waals surface area contributed by atoms with Crippen LogP contribution in [0.5, 0.6) is 5.75 Å². The summed E-state index contributed by atoms with van der Waals surface area (Å²) >= 11 is 0. The highest BCUT2D eigenvalue weighted by molar-refractivity contribution is 14.0. The van der Waals surface area contributed by atoms with E-state index in [2.05, 4.69) is 15.2 Å². The lowest BCUT2D eigenvalue weighted by molar-refractivity contribution is -0.157. The smallest absolute Gasteiger partial charge is 0.406 e. The Labute approximate surface area is 196 Å². The van der Waals surface area contributed by atoms with Crippen LogP contribution in [0.15, 0.2) is 23.2 Å². The van der Waals surface area contributed by atoms with E-state index < -0.39 is 24.4 Å². The van der Waals surface area contributed by atoms with Crippen LogP contribution in [0.3, 0.4) is 0 Å². The minimum Gasteiger partial charge on any atom is -0.494 e. The van der Waals surface area contributed by atoms with E-state index in [0.717, 1.165) is 12.6 Å². The highest BCUT2D eigenvalue weighted by Gasteiger charge is 2.31. The van der Waals surface area contributed by atoms with Crippen molar-refractivity contribution in [2.24, 2.45) is 4.99 Å². The predicted octanol–water partition coefficient (Wildman–Crippen LogP) is 2.17. The third kappa shape index (κ3) is 8.67. The fourth-order valence-corrected chi connectivity index (χ4v) is 3.16. The molecule has 12 heteroatoms. The first-order valence-corrected chi connectivity index (χ1v) is 9.44. The first kappa shape index (κ1) is 27.2. The maximum absolute atomic E-state index is 13.8. The van der Waals surface area contributed by atoms with Crippen molar-refractivity contribution < 1.29 is 27.1 Å². The summed E-state index contributed by atoms with van der Waals surface area (Å²) in [4.78, 5) is 20.7. The van der Waals surface area contributed by atoms with Crippen LogP contribution in [0.2, 0.25) is 0 Å². The van der Waals surface area contributed by atoms with Gasteiger partial charge in [-0.1, -0.05) is 6.07 Å². The minimum absolute atomic E-state index is 0. The number of hydrogen-bond donors (Lipinski definition) is 1. The van der Waals surface area contributed by atoms with Gasteiger partial charge in [-0.05, 0) is 17.7 Å². The van der Waals surface area contributed by atoms with Gasteiger partial charge < -0.3 is 19.9 Å². The normalized spacial score (nSPS) is 15.3. The zero-order chi connectivity index (χ0) is 22.3. The molecule has 1 heterocycles. The first-order chi connectivity index (χ1) is 14.1. The van der Waals surface area contributed by atoms with Gasteiger partial charge in [0.1, 0.15) is 6.54 Å². The summed E-state index contributed by atoms with van der Waals surface area (Å²) in [5, 5.41) is 2.83. The van der Waals surface area contributed by atoms with Gasteiger partial charge in [-0.2, -0.15) is 13.2 Å². The molecule has 1 saturated heterocycles. The van der Waals surface area contributed by atoms with Crippen molar-refractivity contribution in [1.29, 1.82) is 0 Å². The zero-order valence-electron chi connectivity index (χ0n) is 17.7.